The molecule has 0 saturated heterocycles. The fourth-order valence-electron chi connectivity index (χ4n) is 3.35. The summed E-state index contributed by atoms with van der Waals surface area (Å²) in [5.74, 6) is -1.61. The number of amides is 1. The van der Waals surface area contributed by atoms with Crippen molar-refractivity contribution in [2.24, 2.45) is 10.7 Å². The Labute approximate surface area is 179 Å². The standard InChI is InChI=1S/C19H19F4N5O4/c1-19(15(30-2)14(16(22)23)32-18(24)28-19)10-5-9(3-4-11(10)21)27-17(29)12-6-26-13(7-25-12)31-8-20/h3-7,14-16H,8H2,1-2H3,(H2,24,28)(H,27,29)/t14-,15-,19+/m0/s1. The number of benzene rings is 1. The van der Waals surface area contributed by atoms with Crippen LogP contribution in [0.4, 0.5) is 23.2 Å². The molecule has 0 spiro atoms. The molecule has 0 aliphatic carbocycles. The van der Waals surface area contributed by atoms with E-state index in [4.69, 9.17) is 15.2 Å². The van der Waals surface area contributed by atoms with Gasteiger partial charge in [-0.25, -0.2) is 32.5 Å². The van der Waals surface area contributed by atoms with Crippen LogP contribution in [0.3, 0.4) is 0 Å². The highest BCUT2D eigenvalue weighted by Crippen LogP contribution is 2.40. The quantitative estimate of drug-likeness (QED) is 0.613. The van der Waals surface area contributed by atoms with E-state index in [0.717, 1.165) is 25.6 Å². The average Bonchev–Trinajstić information content (AvgIpc) is 2.75. The molecule has 9 nitrogen and oxygen atoms in total. The van der Waals surface area contributed by atoms with E-state index in [1.165, 1.54) is 19.1 Å². The van der Waals surface area contributed by atoms with Gasteiger partial charge in [0.15, 0.2) is 6.10 Å². The topological polar surface area (TPSA) is 121 Å². The lowest BCUT2D eigenvalue weighted by Gasteiger charge is -2.41. The number of ether oxygens (including phenoxy) is 3. The summed E-state index contributed by atoms with van der Waals surface area (Å²) in [6.45, 7) is 0.259. The van der Waals surface area contributed by atoms with Crippen LogP contribution in [-0.4, -0.2) is 54.5 Å². The van der Waals surface area contributed by atoms with E-state index in [9.17, 15) is 22.4 Å². The van der Waals surface area contributed by atoms with Crippen molar-refractivity contribution in [2.75, 3.05) is 19.3 Å². The number of carbonyl (C=O) groups is 1. The third kappa shape index (κ3) is 4.56. The molecule has 172 valence electrons. The van der Waals surface area contributed by atoms with E-state index < -0.39 is 48.8 Å². The number of alkyl halides is 3. The Hall–Kier alpha value is -3.48. The van der Waals surface area contributed by atoms with Crippen LogP contribution in [0.1, 0.15) is 23.0 Å². The van der Waals surface area contributed by atoms with Gasteiger partial charge in [-0.1, -0.05) is 0 Å². The average molecular weight is 457 g/mol. The van der Waals surface area contributed by atoms with Crippen molar-refractivity contribution in [1.82, 2.24) is 9.97 Å². The van der Waals surface area contributed by atoms with Crippen molar-refractivity contribution < 1.29 is 36.6 Å². The number of hydrogen-bond acceptors (Lipinski definition) is 8. The van der Waals surface area contributed by atoms with Gasteiger partial charge in [0.2, 0.25) is 12.7 Å². The number of methoxy groups -OCH3 is 1. The van der Waals surface area contributed by atoms with Crippen LogP contribution in [0.15, 0.2) is 35.6 Å². The largest absolute Gasteiger partial charge is 0.453 e. The van der Waals surface area contributed by atoms with Crippen LogP contribution in [0.2, 0.25) is 0 Å². The number of nitrogens with one attached hydrogen (secondary N) is 1. The number of nitrogens with two attached hydrogens (primary N) is 1. The van der Waals surface area contributed by atoms with E-state index in [0.29, 0.717) is 0 Å². The van der Waals surface area contributed by atoms with Crippen molar-refractivity contribution in [1.29, 1.82) is 0 Å². The van der Waals surface area contributed by atoms with Gasteiger partial charge in [0, 0.05) is 18.4 Å². The third-order valence-electron chi connectivity index (χ3n) is 4.79. The molecule has 0 saturated carbocycles. The second-order valence-electron chi connectivity index (χ2n) is 6.81. The van der Waals surface area contributed by atoms with Crippen LogP contribution < -0.4 is 15.8 Å². The van der Waals surface area contributed by atoms with Crippen LogP contribution in [0, 0.1) is 5.82 Å². The molecule has 32 heavy (non-hydrogen) atoms. The number of carbonyl (C=O) groups excluding carboxylic acids is 1. The number of aliphatic imine (C=N–C) groups is 1. The molecule has 0 bridgehead atoms. The van der Waals surface area contributed by atoms with Crippen molar-refractivity contribution in [3.8, 4) is 5.88 Å². The second-order valence-corrected chi connectivity index (χ2v) is 6.81. The molecule has 2 heterocycles. The zero-order chi connectivity index (χ0) is 23.5. The van der Waals surface area contributed by atoms with E-state index in [1.54, 1.807) is 0 Å². The van der Waals surface area contributed by atoms with Gasteiger partial charge < -0.3 is 25.3 Å². The number of hydrogen-bond donors (Lipinski definition) is 2. The summed E-state index contributed by atoms with van der Waals surface area (Å²) in [6, 6.07) is 2.96. The lowest BCUT2D eigenvalue weighted by atomic mass is 9.82. The number of rotatable bonds is 7. The van der Waals surface area contributed by atoms with Crippen LogP contribution in [0.5, 0.6) is 5.88 Å². The molecule has 2 aromatic rings. The molecule has 1 aromatic heterocycles. The fraction of sp³-hybridized carbons (Fsp3) is 0.368. The lowest BCUT2D eigenvalue weighted by Crippen LogP contribution is -2.55. The molecular weight excluding hydrogens is 438 g/mol. The van der Waals surface area contributed by atoms with E-state index in [2.05, 4.69) is 25.0 Å². The van der Waals surface area contributed by atoms with E-state index in [1.807, 2.05) is 0 Å². The van der Waals surface area contributed by atoms with Gasteiger partial charge >= 0.3 is 0 Å². The molecule has 1 aliphatic heterocycles. The molecular formula is C19H19F4N5O4. The molecule has 1 aromatic carbocycles. The molecule has 3 N–H and O–H groups in total. The highest BCUT2D eigenvalue weighted by Gasteiger charge is 2.51. The molecule has 1 aliphatic rings. The van der Waals surface area contributed by atoms with Crippen LogP contribution >= 0.6 is 0 Å². The molecule has 3 rings (SSSR count). The summed E-state index contributed by atoms with van der Waals surface area (Å²) in [6.07, 6.45) is -4.05. The van der Waals surface area contributed by atoms with Crippen molar-refractivity contribution in [3.63, 3.8) is 0 Å². The summed E-state index contributed by atoms with van der Waals surface area (Å²) < 4.78 is 68.5. The fourth-order valence-corrected chi connectivity index (χ4v) is 3.35. The van der Waals surface area contributed by atoms with E-state index in [-0.39, 0.29) is 22.8 Å². The minimum atomic E-state index is -2.98. The predicted octanol–water partition coefficient (Wildman–Crippen LogP) is 2.38. The Bertz CT molecular complexity index is 1010. The highest BCUT2D eigenvalue weighted by molar-refractivity contribution is 6.02. The van der Waals surface area contributed by atoms with Crippen molar-refractivity contribution in [3.05, 3.63) is 47.7 Å². The first-order valence-corrected chi connectivity index (χ1v) is 9.14. The Balaban J connectivity index is 1.92. The van der Waals surface area contributed by atoms with Gasteiger partial charge in [0.1, 0.15) is 23.2 Å². The maximum Gasteiger partial charge on any atom is 0.283 e. The maximum atomic E-state index is 14.8. The first kappa shape index (κ1) is 23.2. The molecule has 13 heteroatoms. The van der Waals surface area contributed by atoms with Crippen LogP contribution in [-0.2, 0) is 15.0 Å². The summed E-state index contributed by atoms with van der Waals surface area (Å²) >= 11 is 0. The smallest absolute Gasteiger partial charge is 0.283 e. The zero-order valence-electron chi connectivity index (χ0n) is 16.9. The summed E-state index contributed by atoms with van der Waals surface area (Å²) in [4.78, 5) is 24.0. The first-order chi connectivity index (χ1) is 15.2. The Morgan fingerprint density at radius 1 is 1.34 bits per heavy atom. The van der Waals surface area contributed by atoms with Gasteiger partial charge in [0.25, 0.3) is 18.4 Å². The van der Waals surface area contributed by atoms with Gasteiger partial charge in [-0.2, -0.15) is 0 Å². The van der Waals surface area contributed by atoms with Gasteiger partial charge in [-0.3, -0.25) is 4.79 Å². The van der Waals surface area contributed by atoms with E-state index >= 15 is 0 Å². The number of halogens is 4. The molecule has 0 radical (unpaired) electrons. The minimum Gasteiger partial charge on any atom is -0.453 e. The Morgan fingerprint density at radius 2 is 2.09 bits per heavy atom. The normalized spacial score (nSPS) is 22.8. The Morgan fingerprint density at radius 3 is 2.69 bits per heavy atom. The molecule has 0 fully saturated rings. The second kappa shape index (κ2) is 9.34. The van der Waals surface area contributed by atoms with Gasteiger partial charge in [-0.15, -0.1) is 0 Å². The van der Waals surface area contributed by atoms with Crippen LogP contribution in [0.25, 0.3) is 0 Å². The third-order valence-corrected chi connectivity index (χ3v) is 4.79. The summed E-state index contributed by atoms with van der Waals surface area (Å²) in [5, 5.41) is 2.49. The van der Waals surface area contributed by atoms with Gasteiger partial charge in [0.05, 0.1) is 12.4 Å². The zero-order valence-corrected chi connectivity index (χ0v) is 16.9. The summed E-state index contributed by atoms with van der Waals surface area (Å²) in [5.41, 5.74) is 3.71. The molecule has 1 amide bonds. The highest BCUT2D eigenvalue weighted by atomic mass is 19.3. The Kier molecular flexibility index (Phi) is 6.77. The van der Waals surface area contributed by atoms with Gasteiger partial charge in [-0.05, 0) is 25.1 Å². The molecule has 0 unspecified atom stereocenters. The monoisotopic (exact) mass is 457 g/mol. The number of amidine groups is 1. The lowest BCUT2D eigenvalue weighted by molar-refractivity contribution is -0.121. The number of aromatic nitrogens is 2. The number of nitrogens with zero attached hydrogens (tertiary/aromatic N) is 3. The number of anilines is 1. The van der Waals surface area contributed by atoms with Crippen molar-refractivity contribution in [2.45, 2.75) is 31.1 Å². The first-order valence-electron chi connectivity index (χ1n) is 9.14. The molecule has 3 atom stereocenters. The maximum absolute atomic E-state index is 14.8. The summed E-state index contributed by atoms with van der Waals surface area (Å²) in [7, 11) is 1.16. The SMILES string of the molecule is CO[C@H]1[C@@H](C(F)F)OC(N)=N[C@]1(C)c1cc(NC(=O)c2cnc(OCF)cn2)ccc1F. The predicted molar refractivity (Wildman–Crippen MR) is 104 cm³/mol. The minimum absolute atomic E-state index is 0.113. The van der Waals surface area contributed by atoms with Crippen molar-refractivity contribution >= 4 is 17.6 Å².